The average Bonchev–Trinajstić information content (AvgIpc) is 2.62. The van der Waals surface area contributed by atoms with Gasteiger partial charge in [0.05, 0.1) is 0 Å². The summed E-state index contributed by atoms with van der Waals surface area (Å²) in [6.07, 6.45) is 2.01. The van der Waals surface area contributed by atoms with E-state index in [0.717, 1.165) is 5.65 Å². The van der Waals surface area contributed by atoms with E-state index in [4.69, 9.17) is 0 Å². The van der Waals surface area contributed by atoms with Gasteiger partial charge in [-0.1, -0.05) is 27.7 Å². The summed E-state index contributed by atoms with van der Waals surface area (Å²) in [5.74, 6) is 0.938. The van der Waals surface area contributed by atoms with Gasteiger partial charge < -0.3 is 0 Å². The minimum atomic E-state index is 0.442. The number of nitrogens with zero attached hydrogens (tertiary/aromatic N) is 4. The molecule has 0 unspecified atom stereocenters. The van der Waals surface area contributed by atoms with Gasteiger partial charge in [-0.2, -0.15) is 0 Å². The van der Waals surface area contributed by atoms with Crippen molar-refractivity contribution in [3.8, 4) is 0 Å². The highest BCUT2D eigenvalue weighted by Gasteiger charge is 2.11. The van der Waals surface area contributed by atoms with Gasteiger partial charge in [0, 0.05) is 11.8 Å². The molecule has 0 atom stereocenters. The van der Waals surface area contributed by atoms with Crippen molar-refractivity contribution in [2.24, 2.45) is 0 Å². The first-order chi connectivity index (χ1) is 7.09. The van der Waals surface area contributed by atoms with Gasteiger partial charge in [0.2, 0.25) is 0 Å². The topological polar surface area (TPSA) is 43.1 Å². The quantitative estimate of drug-likeness (QED) is 0.754. The van der Waals surface area contributed by atoms with Crippen LogP contribution < -0.4 is 0 Å². The molecular formula is C11H16N4. The van der Waals surface area contributed by atoms with E-state index in [0.29, 0.717) is 11.8 Å². The molecule has 0 amide bonds. The zero-order valence-corrected chi connectivity index (χ0v) is 9.60. The number of hydrogen-bond acceptors (Lipinski definition) is 3. The van der Waals surface area contributed by atoms with Crippen molar-refractivity contribution in [1.82, 2.24) is 20.0 Å². The van der Waals surface area contributed by atoms with Crippen LogP contribution in [0.5, 0.6) is 0 Å². The Morgan fingerprint density at radius 1 is 1.13 bits per heavy atom. The molecule has 0 saturated heterocycles. The lowest BCUT2D eigenvalue weighted by Crippen LogP contribution is -2.00. The van der Waals surface area contributed by atoms with Crippen LogP contribution in [0.3, 0.4) is 0 Å². The second kappa shape index (κ2) is 3.61. The monoisotopic (exact) mass is 204 g/mol. The molecule has 2 aromatic heterocycles. The molecule has 0 fully saturated rings. The van der Waals surface area contributed by atoms with Crippen LogP contribution in [0.2, 0.25) is 0 Å². The van der Waals surface area contributed by atoms with E-state index in [9.17, 15) is 0 Å². The third-order valence-electron chi connectivity index (χ3n) is 2.63. The number of rotatable bonds is 2. The van der Waals surface area contributed by atoms with Crippen molar-refractivity contribution in [2.45, 2.75) is 39.5 Å². The summed E-state index contributed by atoms with van der Waals surface area (Å²) in [6, 6.07) is 2.21. The van der Waals surface area contributed by atoms with Gasteiger partial charge in [-0.05, 0) is 33.9 Å². The third-order valence-corrected chi connectivity index (χ3v) is 2.63. The van der Waals surface area contributed by atoms with E-state index in [1.807, 2.05) is 6.20 Å². The molecule has 4 nitrogen and oxygen atoms in total. The molecule has 0 spiro atoms. The minimum absolute atomic E-state index is 0.442. The van der Waals surface area contributed by atoms with Crippen LogP contribution in [0.4, 0.5) is 0 Å². The maximum absolute atomic E-state index is 4.04. The first kappa shape index (κ1) is 10.1. The Kier molecular flexibility index (Phi) is 2.42. The molecule has 0 N–H and O–H groups in total. The molecule has 0 saturated carbocycles. The predicted octanol–water partition coefficient (Wildman–Crippen LogP) is 2.37. The lowest BCUT2D eigenvalue weighted by atomic mass is 9.98. The molecule has 0 bridgehead atoms. The van der Waals surface area contributed by atoms with E-state index in [1.54, 1.807) is 4.52 Å². The second-order valence-electron chi connectivity index (χ2n) is 4.49. The first-order valence-corrected chi connectivity index (χ1v) is 5.31. The highest BCUT2D eigenvalue weighted by Crippen LogP contribution is 2.23. The summed E-state index contributed by atoms with van der Waals surface area (Å²) in [5, 5.41) is 11.7. The fourth-order valence-electron chi connectivity index (χ4n) is 1.63. The fourth-order valence-corrected chi connectivity index (χ4v) is 1.63. The van der Waals surface area contributed by atoms with Gasteiger partial charge in [0.25, 0.3) is 0 Å². The molecular weight excluding hydrogens is 188 g/mol. The summed E-state index contributed by atoms with van der Waals surface area (Å²) >= 11 is 0. The molecule has 2 rings (SSSR count). The molecule has 0 aliphatic carbocycles. The second-order valence-corrected chi connectivity index (χ2v) is 4.49. The minimum Gasteiger partial charge on any atom is -0.200 e. The van der Waals surface area contributed by atoms with Gasteiger partial charge in [0.1, 0.15) is 0 Å². The SMILES string of the molecule is CC(C)c1cc(C(C)C)c2nnnn2c1. The molecule has 4 heteroatoms. The predicted molar refractivity (Wildman–Crippen MR) is 59.0 cm³/mol. The van der Waals surface area contributed by atoms with Crippen molar-refractivity contribution in [1.29, 1.82) is 0 Å². The normalized spacial score (nSPS) is 11.9. The Morgan fingerprint density at radius 2 is 1.87 bits per heavy atom. The van der Waals surface area contributed by atoms with E-state index in [-0.39, 0.29) is 0 Å². The van der Waals surface area contributed by atoms with Crippen LogP contribution in [-0.2, 0) is 0 Å². The van der Waals surface area contributed by atoms with Crippen molar-refractivity contribution in [3.63, 3.8) is 0 Å². The number of fused-ring (bicyclic) bond motifs is 1. The molecule has 0 aliphatic rings. The van der Waals surface area contributed by atoms with Gasteiger partial charge >= 0.3 is 0 Å². The highest BCUT2D eigenvalue weighted by molar-refractivity contribution is 5.49. The molecule has 2 aromatic rings. The fraction of sp³-hybridized carbons (Fsp3) is 0.545. The zero-order chi connectivity index (χ0) is 11.0. The Labute approximate surface area is 89.3 Å². The van der Waals surface area contributed by atoms with E-state index >= 15 is 0 Å². The van der Waals surface area contributed by atoms with Crippen LogP contribution in [0.25, 0.3) is 5.65 Å². The van der Waals surface area contributed by atoms with Crippen LogP contribution in [-0.4, -0.2) is 20.0 Å². The highest BCUT2D eigenvalue weighted by atomic mass is 15.5. The van der Waals surface area contributed by atoms with Crippen LogP contribution in [0.1, 0.15) is 50.7 Å². The average molecular weight is 204 g/mol. The number of pyridine rings is 1. The summed E-state index contributed by atoms with van der Waals surface area (Å²) < 4.78 is 1.77. The largest absolute Gasteiger partial charge is 0.200 e. The van der Waals surface area contributed by atoms with E-state index in [1.165, 1.54) is 11.1 Å². The standard InChI is InChI=1S/C11H16N4/c1-7(2)9-5-10(8(3)4)11-12-13-14-15(11)6-9/h5-8H,1-4H3. The molecule has 15 heavy (non-hydrogen) atoms. The molecule has 0 aliphatic heterocycles. The summed E-state index contributed by atoms with van der Waals surface area (Å²) in [6.45, 7) is 8.67. The van der Waals surface area contributed by atoms with Gasteiger partial charge in [-0.3, -0.25) is 0 Å². The third kappa shape index (κ3) is 1.71. The van der Waals surface area contributed by atoms with E-state index in [2.05, 4.69) is 49.3 Å². The molecule has 0 radical (unpaired) electrons. The zero-order valence-electron chi connectivity index (χ0n) is 9.60. The van der Waals surface area contributed by atoms with Gasteiger partial charge in [0.15, 0.2) is 5.65 Å². The van der Waals surface area contributed by atoms with Crippen LogP contribution in [0.15, 0.2) is 12.3 Å². The summed E-state index contributed by atoms with van der Waals surface area (Å²) in [4.78, 5) is 0. The lowest BCUT2D eigenvalue weighted by molar-refractivity contribution is 0.782. The molecule has 0 aromatic carbocycles. The number of hydrogen-bond donors (Lipinski definition) is 0. The van der Waals surface area contributed by atoms with Crippen LogP contribution in [0, 0.1) is 0 Å². The summed E-state index contributed by atoms with van der Waals surface area (Å²) in [7, 11) is 0. The Bertz CT molecular complexity index is 470. The Hall–Kier alpha value is -1.45. The van der Waals surface area contributed by atoms with Crippen molar-refractivity contribution >= 4 is 5.65 Å². The van der Waals surface area contributed by atoms with Gasteiger partial charge in [-0.15, -0.1) is 5.10 Å². The van der Waals surface area contributed by atoms with Crippen molar-refractivity contribution in [2.75, 3.05) is 0 Å². The van der Waals surface area contributed by atoms with E-state index < -0.39 is 0 Å². The Morgan fingerprint density at radius 3 is 2.47 bits per heavy atom. The lowest BCUT2D eigenvalue weighted by Gasteiger charge is -2.11. The summed E-state index contributed by atoms with van der Waals surface area (Å²) in [5.41, 5.74) is 3.36. The first-order valence-electron chi connectivity index (χ1n) is 5.31. The maximum atomic E-state index is 4.04. The Balaban J connectivity index is 2.69. The molecule has 2 heterocycles. The molecule has 80 valence electrons. The van der Waals surface area contributed by atoms with Crippen molar-refractivity contribution in [3.05, 3.63) is 23.4 Å². The van der Waals surface area contributed by atoms with Crippen molar-refractivity contribution < 1.29 is 0 Å². The maximum Gasteiger partial charge on any atom is 0.182 e. The number of aromatic nitrogens is 4. The number of tetrazole rings is 1. The van der Waals surface area contributed by atoms with Gasteiger partial charge in [-0.25, -0.2) is 4.52 Å². The van der Waals surface area contributed by atoms with Crippen LogP contribution >= 0.6 is 0 Å². The smallest absolute Gasteiger partial charge is 0.182 e.